The van der Waals surface area contributed by atoms with Gasteiger partial charge in [-0.2, -0.15) is 0 Å². The van der Waals surface area contributed by atoms with Crippen LogP contribution < -0.4 is 22.9 Å². The smallest absolute Gasteiger partial charge is 0.0314 e. The van der Waals surface area contributed by atoms with E-state index in [1.54, 1.807) is 0 Å². The van der Waals surface area contributed by atoms with Crippen molar-refractivity contribution in [2.75, 3.05) is 11.5 Å². The Morgan fingerprint density at radius 3 is 1.06 bits per heavy atom. The van der Waals surface area contributed by atoms with Gasteiger partial charge in [0.25, 0.3) is 0 Å². The zero-order chi connectivity index (χ0) is 13.4. The third-order valence-corrected chi connectivity index (χ3v) is 2.43. The molecule has 0 spiro atoms. The number of hydrogen-bond acceptors (Lipinski definition) is 4. The molecule has 0 amide bonds. The zero-order valence-corrected chi connectivity index (χ0v) is 10.3. The molecule has 0 unspecified atom stereocenters. The SMILES string of the molecule is NCc1ccc(N)cc1.NCc1ccc(N)cc1. The lowest BCUT2D eigenvalue weighted by Gasteiger charge is -1.94. The topological polar surface area (TPSA) is 104 Å². The van der Waals surface area contributed by atoms with Crippen molar-refractivity contribution in [3.8, 4) is 0 Å². The van der Waals surface area contributed by atoms with Gasteiger partial charge in [0.2, 0.25) is 0 Å². The predicted molar refractivity (Wildman–Crippen MR) is 77.5 cm³/mol. The Balaban J connectivity index is 0.000000180. The fraction of sp³-hybridized carbons (Fsp3) is 0.143. The summed E-state index contributed by atoms with van der Waals surface area (Å²) in [6, 6.07) is 15.1. The molecule has 0 aliphatic carbocycles. The third kappa shape index (κ3) is 4.86. The van der Waals surface area contributed by atoms with Gasteiger partial charge < -0.3 is 22.9 Å². The van der Waals surface area contributed by atoms with E-state index in [2.05, 4.69) is 0 Å². The van der Waals surface area contributed by atoms with Crippen molar-refractivity contribution in [2.45, 2.75) is 13.1 Å². The minimum atomic E-state index is 0.584. The maximum Gasteiger partial charge on any atom is 0.0314 e. The van der Waals surface area contributed by atoms with Crippen LogP contribution in [0.1, 0.15) is 11.1 Å². The van der Waals surface area contributed by atoms with Crippen molar-refractivity contribution < 1.29 is 0 Å². The van der Waals surface area contributed by atoms with E-state index in [0.717, 1.165) is 22.5 Å². The number of anilines is 2. The average molecular weight is 244 g/mol. The van der Waals surface area contributed by atoms with Crippen molar-refractivity contribution in [3.63, 3.8) is 0 Å². The quantitative estimate of drug-likeness (QED) is 0.600. The van der Waals surface area contributed by atoms with Gasteiger partial charge in [-0.1, -0.05) is 24.3 Å². The van der Waals surface area contributed by atoms with Crippen molar-refractivity contribution in [2.24, 2.45) is 11.5 Å². The van der Waals surface area contributed by atoms with Gasteiger partial charge in [0.1, 0.15) is 0 Å². The molecule has 0 saturated carbocycles. The van der Waals surface area contributed by atoms with E-state index < -0.39 is 0 Å². The highest BCUT2D eigenvalue weighted by atomic mass is 14.6. The second-order valence-electron chi connectivity index (χ2n) is 3.89. The van der Waals surface area contributed by atoms with Gasteiger partial charge in [-0.05, 0) is 35.4 Å². The Hall–Kier alpha value is -2.04. The molecule has 18 heavy (non-hydrogen) atoms. The lowest BCUT2D eigenvalue weighted by Crippen LogP contribution is -1.95. The van der Waals surface area contributed by atoms with Gasteiger partial charge in [-0.25, -0.2) is 0 Å². The summed E-state index contributed by atoms with van der Waals surface area (Å²) in [5.41, 5.74) is 25.4. The van der Waals surface area contributed by atoms with E-state index in [9.17, 15) is 0 Å². The minimum Gasteiger partial charge on any atom is -0.399 e. The Morgan fingerprint density at radius 1 is 0.556 bits per heavy atom. The molecule has 0 atom stereocenters. The number of hydrogen-bond donors (Lipinski definition) is 4. The van der Waals surface area contributed by atoms with Crippen LogP contribution in [-0.4, -0.2) is 0 Å². The monoisotopic (exact) mass is 244 g/mol. The van der Waals surface area contributed by atoms with E-state index in [4.69, 9.17) is 22.9 Å². The van der Waals surface area contributed by atoms with Crippen molar-refractivity contribution in [1.82, 2.24) is 0 Å². The van der Waals surface area contributed by atoms with Crippen LogP contribution in [-0.2, 0) is 13.1 Å². The van der Waals surface area contributed by atoms with Crippen molar-refractivity contribution in [1.29, 1.82) is 0 Å². The molecule has 2 rings (SSSR count). The summed E-state index contributed by atoms with van der Waals surface area (Å²) in [4.78, 5) is 0. The van der Waals surface area contributed by atoms with Gasteiger partial charge in [0, 0.05) is 24.5 Å². The summed E-state index contributed by atoms with van der Waals surface area (Å²) < 4.78 is 0. The molecule has 0 aromatic heterocycles. The van der Waals surface area contributed by atoms with Gasteiger partial charge in [-0.15, -0.1) is 0 Å². The average Bonchev–Trinajstić information content (AvgIpc) is 2.41. The summed E-state index contributed by atoms with van der Waals surface area (Å²) in [5.74, 6) is 0. The lowest BCUT2D eigenvalue weighted by molar-refractivity contribution is 1.07. The zero-order valence-electron chi connectivity index (χ0n) is 10.3. The van der Waals surface area contributed by atoms with Gasteiger partial charge in [0.15, 0.2) is 0 Å². The molecule has 2 aromatic rings. The molecular weight excluding hydrogens is 224 g/mol. The van der Waals surface area contributed by atoms with Crippen LogP contribution in [0.2, 0.25) is 0 Å². The lowest BCUT2D eigenvalue weighted by atomic mass is 10.2. The molecule has 0 heterocycles. The van der Waals surface area contributed by atoms with Crippen LogP contribution in [0.4, 0.5) is 11.4 Å². The molecule has 4 nitrogen and oxygen atoms in total. The van der Waals surface area contributed by atoms with Crippen LogP contribution in [0.5, 0.6) is 0 Å². The molecular formula is C14H20N4. The summed E-state index contributed by atoms with van der Waals surface area (Å²) in [6.45, 7) is 1.17. The molecule has 4 heteroatoms. The highest BCUT2D eigenvalue weighted by Crippen LogP contribution is 2.04. The molecule has 0 aliphatic rings. The first-order valence-electron chi connectivity index (χ1n) is 5.74. The summed E-state index contributed by atoms with van der Waals surface area (Å²) in [7, 11) is 0. The highest BCUT2D eigenvalue weighted by Gasteiger charge is 1.86. The second kappa shape index (κ2) is 7.32. The van der Waals surface area contributed by atoms with Crippen LogP contribution in [0.3, 0.4) is 0 Å². The number of nitrogen functional groups attached to an aromatic ring is 2. The van der Waals surface area contributed by atoms with E-state index in [1.165, 1.54) is 0 Å². The van der Waals surface area contributed by atoms with E-state index >= 15 is 0 Å². The molecule has 96 valence electrons. The standard InChI is InChI=1S/2C7H10N2/c2*8-5-6-1-3-7(9)4-2-6/h2*1-4H,5,8-9H2. The van der Waals surface area contributed by atoms with E-state index in [1.807, 2.05) is 48.5 Å². The fourth-order valence-electron chi connectivity index (χ4n) is 1.31. The Bertz CT molecular complexity index is 403. The van der Waals surface area contributed by atoms with E-state index in [-0.39, 0.29) is 0 Å². The normalized spacial score (nSPS) is 9.44. The highest BCUT2D eigenvalue weighted by molar-refractivity contribution is 5.39. The van der Waals surface area contributed by atoms with Crippen LogP contribution in [0.15, 0.2) is 48.5 Å². The maximum absolute atomic E-state index is 5.44. The van der Waals surface area contributed by atoms with Crippen molar-refractivity contribution >= 4 is 11.4 Å². The number of rotatable bonds is 2. The first-order chi connectivity index (χ1) is 8.65. The first kappa shape index (κ1) is 14.0. The van der Waals surface area contributed by atoms with E-state index in [0.29, 0.717) is 13.1 Å². The molecule has 0 saturated heterocycles. The minimum absolute atomic E-state index is 0.584. The summed E-state index contributed by atoms with van der Waals surface area (Å²) in [6.07, 6.45) is 0. The van der Waals surface area contributed by atoms with Crippen molar-refractivity contribution in [3.05, 3.63) is 59.7 Å². The summed E-state index contributed by atoms with van der Waals surface area (Å²) >= 11 is 0. The third-order valence-electron chi connectivity index (χ3n) is 2.43. The molecule has 0 bridgehead atoms. The van der Waals surface area contributed by atoms with Gasteiger partial charge >= 0.3 is 0 Å². The largest absolute Gasteiger partial charge is 0.399 e. The molecule has 0 fully saturated rings. The molecule has 0 aliphatic heterocycles. The molecule has 8 N–H and O–H groups in total. The Kier molecular flexibility index (Phi) is 5.70. The van der Waals surface area contributed by atoms with Gasteiger partial charge in [0.05, 0.1) is 0 Å². The molecule has 2 aromatic carbocycles. The predicted octanol–water partition coefficient (Wildman–Crippen LogP) is 1.45. The van der Waals surface area contributed by atoms with Gasteiger partial charge in [-0.3, -0.25) is 0 Å². The first-order valence-corrected chi connectivity index (χ1v) is 5.74. The van der Waals surface area contributed by atoms with Crippen LogP contribution in [0.25, 0.3) is 0 Å². The Labute approximate surface area is 108 Å². The number of nitrogens with two attached hydrogens (primary N) is 4. The second-order valence-corrected chi connectivity index (χ2v) is 3.89. The molecule has 0 radical (unpaired) electrons. The maximum atomic E-state index is 5.44. The number of benzene rings is 2. The van der Waals surface area contributed by atoms with Crippen LogP contribution >= 0.6 is 0 Å². The van der Waals surface area contributed by atoms with Crippen LogP contribution in [0, 0.1) is 0 Å². The fourth-order valence-corrected chi connectivity index (χ4v) is 1.31. The Morgan fingerprint density at radius 2 is 0.833 bits per heavy atom. The summed E-state index contributed by atoms with van der Waals surface area (Å²) in [5, 5.41) is 0.